The summed E-state index contributed by atoms with van der Waals surface area (Å²) in [5.74, 6) is -2.98. The van der Waals surface area contributed by atoms with Gasteiger partial charge < -0.3 is 25.2 Å². The molecule has 0 spiro atoms. The van der Waals surface area contributed by atoms with E-state index in [9.17, 15) is 25.2 Å². The van der Waals surface area contributed by atoms with Crippen LogP contribution in [-0.4, -0.2) is 33.3 Å². The molecule has 104 valence electrons. The number of ketones is 1. The van der Waals surface area contributed by atoms with Gasteiger partial charge in [-0.15, -0.1) is 0 Å². The normalized spacial score (nSPS) is 10.2. The second kappa shape index (κ2) is 5.00. The van der Waals surface area contributed by atoms with Crippen molar-refractivity contribution in [1.82, 2.24) is 0 Å². The van der Waals surface area contributed by atoms with E-state index in [2.05, 4.69) is 0 Å². The maximum atomic E-state index is 12.3. The number of carbonyl (C=O) groups excluding carboxylic acids is 1. The number of hydrogen-bond donors (Lipinski definition) is 4. The Kier molecular flexibility index (Phi) is 3.39. The number of aromatic hydroxyl groups is 4. The van der Waals surface area contributed by atoms with Gasteiger partial charge in [0.25, 0.3) is 0 Å². The van der Waals surface area contributed by atoms with Crippen molar-refractivity contribution in [2.24, 2.45) is 0 Å². The van der Waals surface area contributed by atoms with Crippen molar-refractivity contribution in [3.63, 3.8) is 0 Å². The molecule has 0 aliphatic carbocycles. The molecule has 0 fully saturated rings. The van der Waals surface area contributed by atoms with Crippen molar-refractivity contribution in [2.45, 2.75) is 0 Å². The molecule has 0 aromatic heterocycles. The van der Waals surface area contributed by atoms with Crippen LogP contribution in [0.2, 0.25) is 0 Å². The van der Waals surface area contributed by atoms with Crippen LogP contribution in [0.3, 0.4) is 0 Å². The Balaban J connectivity index is 2.58. The number of benzene rings is 2. The first-order valence-corrected chi connectivity index (χ1v) is 5.62. The first-order chi connectivity index (χ1) is 9.47. The molecule has 20 heavy (non-hydrogen) atoms. The minimum Gasteiger partial charge on any atom is -0.504 e. The van der Waals surface area contributed by atoms with E-state index in [0.717, 1.165) is 12.1 Å². The van der Waals surface area contributed by atoms with Gasteiger partial charge in [-0.3, -0.25) is 4.79 Å². The largest absolute Gasteiger partial charge is 0.504 e. The minimum atomic E-state index is -0.782. The zero-order valence-corrected chi connectivity index (χ0v) is 10.5. The Bertz CT molecular complexity index is 678. The second-order valence-corrected chi connectivity index (χ2v) is 4.02. The quantitative estimate of drug-likeness (QED) is 0.502. The summed E-state index contributed by atoms with van der Waals surface area (Å²) in [5.41, 5.74) is -0.197. The Morgan fingerprint density at radius 2 is 1.60 bits per heavy atom. The molecule has 2 aromatic carbocycles. The van der Waals surface area contributed by atoms with Gasteiger partial charge >= 0.3 is 0 Å². The lowest BCUT2D eigenvalue weighted by molar-refractivity contribution is 0.103. The summed E-state index contributed by atoms with van der Waals surface area (Å²) < 4.78 is 4.95. The van der Waals surface area contributed by atoms with E-state index in [4.69, 9.17) is 4.74 Å². The van der Waals surface area contributed by atoms with Crippen LogP contribution in [0.1, 0.15) is 15.9 Å². The number of rotatable bonds is 3. The van der Waals surface area contributed by atoms with E-state index in [0.29, 0.717) is 0 Å². The van der Waals surface area contributed by atoms with Crippen LogP contribution < -0.4 is 4.74 Å². The van der Waals surface area contributed by atoms with Gasteiger partial charge in [-0.25, -0.2) is 0 Å². The van der Waals surface area contributed by atoms with Gasteiger partial charge in [0, 0.05) is 0 Å². The molecule has 0 unspecified atom stereocenters. The molecule has 0 atom stereocenters. The number of ether oxygens (including phenoxy) is 1. The van der Waals surface area contributed by atoms with E-state index in [1.807, 2.05) is 0 Å². The fourth-order valence-electron chi connectivity index (χ4n) is 1.82. The maximum absolute atomic E-state index is 12.3. The summed E-state index contributed by atoms with van der Waals surface area (Å²) in [6.45, 7) is 0. The molecule has 0 heterocycles. The zero-order valence-electron chi connectivity index (χ0n) is 10.5. The highest BCUT2D eigenvalue weighted by atomic mass is 16.5. The van der Waals surface area contributed by atoms with E-state index in [1.54, 1.807) is 0 Å². The topological polar surface area (TPSA) is 107 Å². The molecule has 6 heteroatoms. The monoisotopic (exact) mass is 276 g/mol. The smallest absolute Gasteiger partial charge is 0.201 e. The number of para-hydroxylation sites is 1. The Hall–Kier alpha value is -2.89. The number of hydrogen-bond acceptors (Lipinski definition) is 6. The summed E-state index contributed by atoms with van der Waals surface area (Å²) in [4.78, 5) is 12.3. The lowest BCUT2D eigenvalue weighted by Crippen LogP contribution is -2.04. The lowest BCUT2D eigenvalue weighted by atomic mass is 10.0. The fraction of sp³-hybridized carbons (Fsp3) is 0.0714. The fourth-order valence-corrected chi connectivity index (χ4v) is 1.82. The van der Waals surface area contributed by atoms with Crippen molar-refractivity contribution >= 4 is 5.78 Å². The molecule has 6 nitrogen and oxygen atoms in total. The summed E-state index contributed by atoms with van der Waals surface area (Å²) in [6.07, 6.45) is 0. The van der Waals surface area contributed by atoms with Crippen molar-refractivity contribution in [2.75, 3.05) is 7.11 Å². The molecule has 0 aliphatic rings. The summed E-state index contributed by atoms with van der Waals surface area (Å²) in [6, 6.07) is 6.45. The van der Waals surface area contributed by atoms with Gasteiger partial charge in [0.15, 0.2) is 23.0 Å². The van der Waals surface area contributed by atoms with Crippen molar-refractivity contribution < 1.29 is 30.0 Å². The van der Waals surface area contributed by atoms with Gasteiger partial charge in [0.2, 0.25) is 11.5 Å². The van der Waals surface area contributed by atoms with Gasteiger partial charge in [0.05, 0.1) is 18.2 Å². The van der Waals surface area contributed by atoms with Crippen LogP contribution >= 0.6 is 0 Å². The van der Waals surface area contributed by atoms with Crippen molar-refractivity contribution in [3.8, 4) is 28.7 Å². The molecule has 4 N–H and O–H groups in total. The van der Waals surface area contributed by atoms with Crippen LogP contribution in [0.15, 0.2) is 30.3 Å². The zero-order chi connectivity index (χ0) is 14.9. The number of phenolic OH excluding ortho intramolecular Hbond substituents is 4. The molecular weight excluding hydrogens is 264 g/mol. The van der Waals surface area contributed by atoms with Crippen LogP contribution in [0, 0.1) is 0 Å². The molecule has 0 amide bonds. The maximum Gasteiger partial charge on any atom is 0.201 e. The predicted molar refractivity (Wildman–Crippen MR) is 69.5 cm³/mol. The summed E-state index contributed by atoms with van der Waals surface area (Å²) in [7, 11) is 1.29. The summed E-state index contributed by atoms with van der Waals surface area (Å²) in [5, 5.41) is 38.0. The van der Waals surface area contributed by atoms with Crippen LogP contribution in [0.4, 0.5) is 0 Å². The highest BCUT2D eigenvalue weighted by Crippen LogP contribution is 2.39. The van der Waals surface area contributed by atoms with Crippen molar-refractivity contribution in [1.29, 1.82) is 0 Å². The van der Waals surface area contributed by atoms with Crippen LogP contribution in [0.25, 0.3) is 0 Å². The average Bonchev–Trinajstić information content (AvgIpc) is 2.44. The van der Waals surface area contributed by atoms with Crippen LogP contribution in [0.5, 0.6) is 28.7 Å². The highest BCUT2D eigenvalue weighted by molar-refractivity contribution is 6.13. The Morgan fingerprint density at radius 1 is 0.900 bits per heavy atom. The van der Waals surface area contributed by atoms with E-state index < -0.39 is 23.0 Å². The Morgan fingerprint density at radius 3 is 2.25 bits per heavy atom. The molecule has 0 saturated heterocycles. The third-order valence-electron chi connectivity index (χ3n) is 2.82. The standard InChI is InChI=1S/C14H12O6/c1-20-14-8(3-2-4-10(14)16)11(17)7-5-6-9(15)13(19)12(7)18/h2-6,15-16,18-19H,1H3. The molecule has 0 bridgehead atoms. The first kappa shape index (κ1) is 13.5. The van der Waals surface area contributed by atoms with Crippen LogP contribution in [-0.2, 0) is 0 Å². The average molecular weight is 276 g/mol. The molecule has 0 radical (unpaired) electrons. The number of carbonyl (C=O) groups is 1. The van der Waals surface area contributed by atoms with Gasteiger partial charge in [-0.2, -0.15) is 0 Å². The SMILES string of the molecule is COc1c(O)cccc1C(=O)c1ccc(O)c(O)c1O. The number of phenols is 4. The third-order valence-corrected chi connectivity index (χ3v) is 2.82. The molecule has 0 aliphatic heterocycles. The van der Waals surface area contributed by atoms with E-state index >= 15 is 0 Å². The predicted octanol–water partition coefficient (Wildman–Crippen LogP) is 1.75. The second-order valence-electron chi connectivity index (χ2n) is 4.02. The third kappa shape index (κ3) is 2.07. The van der Waals surface area contributed by atoms with E-state index in [-0.39, 0.29) is 22.6 Å². The molecular formula is C14H12O6. The molecule has 2 rings (SSSR count). The lowest BCUT2D eigenvalue weighted by Gasteiger charge is -2.11. The minimum absolute atomic E-state index is 0.0212. The number of methoxy groups -OCH3 is 1. The Labute approximate surface area is 114 Å². The van der Waals surface area contributed by atoms with Gasteiger partial charge in [0.1, 0.15) is 0 Å². The summed E-state index contributed by atoms with van der Waals surface area (Å²) >= 11 is 0. The van der Waals surface area contributed by atoms with Gasteiger partial charge in [-0.1, -0.05) is 6.07 Å². The van der Waals surface area contributed by atoms with Crippen molar-refractivity contribution in [3.05, 3.63) is 41.5 Å². The molecule has 0 saturated carbocycles. The highest BCUT2D eigenvalue weighted by Gasteiger charge is 2.22. The molecule has 2 aromatic rings. The van der Waals surface area contributed by atoms with E-state index in [1.165, 1.54) is 25.3 Å². The van der Waals surface area contributed by atoms with Gasteiger partial charge in [-0.05, 0) is 24.3 Å². The first-order valence-electron chi connectivity index (χ1n) is 5.62.